The van der Waals surface area contributed by atoms with Crippen molar-refractivity contribution >= 4 is 30.6 Å². The molecule has 82 valence electrons. The van der Waals surface area contributed by atoms with E-state index in [1.54, 1.807) is 12.1 Å². The quantitative estimate of drug-likeness (QED) is 0.681. The fourth-order valence-electron chi connectivity index (χ4n) is 1.03. The number of hydrogen-bond donors (Lipinski definition) is 1. The van der Waals surface area contributed by atoms with Gasteiger partial charge in [0.2, 0.25) is 0 Å². The van der Waals surface area contributed by atoms with Crippen molar-refractivity contribution in [1.29, 1.82) is 0 Å². The van der Waals surface area contributed by atoms with Crippen LogP contribution < -0.4 is 5.32 Å². The van der Waals surface area contributed by atoms with Crippen LogP contribution in [0.5, 0.6) is 0 Å². The van der Waals surface area contributed by atoms with Crippen LogP contribution in [0.15, 0.2) is 29.2 Å². The third kappa shape index (κ3) is 4.01. The van der Waals surface area contributed by atoms with Gasteiger partial charge in [0, 0.05) is 28.7 Å². The van der Waals surface area contributed by atoms with Gasteiger partial charge in [0.05, 0.1) is 4.90 Å². The van der Waals surface area contributed by atoms with Crippen molar-refractivity contribution in [3.63, 3.8) is 0 Å². The van der Waals surface area contributed by atoms with Crippen LogP contribution in [-0.2, 0) is 16.4 Å². The molecule has 0 atom stereocenters. The summed E-state index contributed by atoms with van der Waals surface area (Å²) in [6.45, 7) is 0.369. The van der Waals surface area contributed by atoms with Gasteiger partial charge in [0.1, 0.15) is 0 Å². The van der Waals surface area contributed by atoms with E-state index in [1.165, 1.54) is 12.1 Å². The number of rotatable bonds is 3. The Morgan fingerprint density at radius 2 is 1.87 bits per heavy atom. The van der Waals surface area contributed by atoms with Crippen molar-refractivity contribution in [1.82, 2.24) is 5.32 Å². The summed E-state index contributed by atoms with van der Waals surface area (Å²) in [5.41, 5.74) is 0.843. The molecule has 4 nitrogen and oxygen atoms in total. The molecule has 1 N–H and O–H groups in total. The number of hydrogen-bond acceptors (Lipinski definition) is 3. The first-order valence-corrected chi connectivity index (χ1v) is 6.80. The molecule has 0 spiro atoms. The molecule has 0 saturated carbocycles. The van der Waals surface area contributed by atoms with Gasteiger partial charge in [-0.1, -0.05) is 12.1 Å². The van der Waals surface area contributed by atoms with Crippen molar-refractivity contribution in [3.8, 4) is 0 Å². The summed E-state index contributed by atoms with van der Waals surface area (Å²) >= 11 is 2.73. The lowest BCUT2D eigenvalue weighted by molar-refractivity contribution is 0.261. The van der Waals surface area contributed by atoms with Gasteiger partial charge in [0.15, 0.2) is 9.84 Å². The zero-order chi connectivity index (χ0) is 11.5. The van der Waals surface area contributed by atoms with Crippen molar-refractivity contribution in [2.24, 2.45) is 0 Å². The first kappa shape index (κ1) is 12.2. The number of benzene rings is 1. The molecule has 15 heavy (non-hydrogen) atoms. The van der Waals surface area contributed by atoms with Crippen LogP contribution in [0.2, 0.25) is 0 Å². The molecule has 0 bridgehead atoms. The molecule has 0 aliphatic carbocycles. The van der Waals surface area contributed by atoms with Crippen molar-refractivity contribution in [2.45, 2.75) is 11.4 Å². The van der Waals surface area contributed by atoms with Gasteiger partial charge in [-0.25, -0.2) is 8.42 Å². The zero-order valence-corrected chi connectivity index (χ0v) is 10.4. The van der Waals surface area contributed by atoms with Gasteiger partial charge >= 0.3 is 0 Å². The number of amides is 1. The minimum Gasteiger partial charge on any atom is -0.343 e. The van der Waals surface area contributed by atoms with Gasteiger partial charge in [-0.15, -0.1) is 0 Å². The highest BCUT2D eigenvalue weighted by atomic mass is 79.9. The number of nitrogens with one attached hydrogen (secondary N) is 1. The van der Waals surface area contributed by atoms with E-state index in [1.807, 2.05) is 0 Å². The Balaban J connectivity index is 2.77. The van der Waals surface area contributed by atoms with Gasteiger partial charge in [-0.05, 0) is 17.7 Å². The summed E-state index contributed by atoms with van der Waals surface area (Å²) < 4.78 is 22.3. The maximum atomic E-state index is 11.1. The Morgan fingerprint density at radius 1 is 1.33 bits per heavy atom. The summed E-state index contributed by atoms with van der Waals surface area (Å²) in [5, 5.41) is 2.55. The summed E-state index contributed by atoms with van der Waals surface area (Å²) in [6, 6.07) is 6.37. The normalized spacial score (nSPS) is 11.1. The molecule has 0 aliphatic rings. The van der Waals surface area contributed by atoms with Crippen LogP contribution in [0.3, 0.4) is 0 Å². The highest BCUT2D eigenvalue weighted by Gasteiger charge is 2.05. The average molecular weight is 292 g/mol. The molecular formula is C9H10BrNO3S. The third-order valence-corrected chi connectivity index (χ3v) is 3.19. The molecule has 0 heterocycles. The van der Waals surface area contributed by atoms with Crippen LogP contribution >= 0.6 is 15.9 Å². The molecule has 1 aromatic carbocycles. The van der Waals surface area contributed by atoms with E-state index < -0.39 is 9.84 Å². The van der Waals surface area contributed by atoms with Gasteiger partial charge in [-0.3, -0.25) is 4.79 Å². The Labute approximate surface area is 96.7 Å². The number of sulfone groups is 1. The number of carbonyl (C=O) groups is 1. The summed E-state index contributed by atoms with van der Waals surface area (Å²) in [5.74, 6) is 0. The first-order valence-electron chi connectivity index (χ1n) is 4.12. The van der Waals surface area contributed by atoms with Crippen LogP contribution in [-0.4, -0.2) is 19.5 Å². The van der Waals surface area contributed by atoms with E-state index in [0.717, 1.165) is 11.8 Å². The molecule has 1 rings (SSSR count). The number of halogens is 1. The lowest BCUT2D eigenvalue weighted by atomic mass is 10.2. The maximum Gasteiger partial charge on any atom is 0.287 e. The molecule has 0 aliphatic heterocycles. The second kappa shape index (κ2) is 4.76. The smallest absolute Gasteiger partial charge is 0.287 e. The predicted molar refractivity (Wildman–Crippen MR) is 60.7 cm³/mol. The molecule has 0 saturated heterocycles. The Bertz CT molecular complexity index is 453. The molecule has 0 aromatic heterocycles. The minimum atomic E-state index is -3.15. The topological polar surface area (TPSA) is 63.2 Å². The minimum absolute atomic E-state index is 0.274. The van der Waals surface area contributed by atoms with E-state index >= 15 is 0 Å². The Morgan fingerprint density at radius 3 is 2.27 bits per heavy atom. The molecule has 0 unspecified atom stereocenters. The van der Waals surface area contributed by atoms with Crippen molar-refractivity contribution in [2.75, 3.05) is 6.26 Å². The van der Waals surface area contributed by atoms with E-state index in [2.05, 4.69) is 21.2 Å². The Kier molecular flexibility index (Phi) is 3.87. The first-order chi connectivity index (χ1) is 6.89. The second-order valence-electron chi connectivity index (χ2n) is 3.04. The standard InChI is InChI=1S/C9H10BrNO3S/c1-15(13,14)8-4-2-7(3-5-8)6-11-9(10)12/h2-5H,6H2,1H3,(H,11,12). The fraction of sp³-hybridized carbons (Fsp3) is 0.222. The van der Waals surface area contributed by atoms with Crippen LogP contribution in [0.4, 0.5) is 4.79 Å². The SMILES string of the molecule is CS(=O)(=O)c1ccc(CNC(=O)Br)cc1. The van der Waals surface area contributed by atoms with Gasteiger partial charge < -0.3 is 5.32 Å². The van der Waals surface area contributed by atoms with Gasteiger partial charge in [0.25, 0.3) is 4.82 Å². The molecule has 6 heteroatoms. The molecule has 0 radical (unpaired) electrons. The average Bonchev–Trinajstić information content (AvgIpc) is 2.14. The van der Waals surface area contributed by atoms with Crippen molar-refractivity contribution in [3.05, 3.63) is 29.8 Å². The van der Waals surface area contributed by atoms with Crippen LogP contribution in [0.25, 0.3) is 0 Å². The van der Waals surface area contributed by atoms with Crippen LogP contribution in [0.1, 0.15) is 5.56 Å². The monoisotopic (exact) mass is 291 g/mol. The maximum absolute atomic E-state index is 11.1. The summed E-state index contributed by atoms with van der Waals surface area (Å²) in [4.78, 5) is 10.5. The Hall–Kier alpha value is -0.880. The zero-order valence-electron chi connectivity index (χ0n) is 8.03. The largest absolute Gasteiger partial charge is 0.343 e. The predicted octanol–water partition coefficient (Wildman–Crippen LogP) is 1.69. The van der Waals surface area contributed by atoms with E-state index in [0.29, 0.717) is 6.54 Å². The van der Waals surface area contributed by atoms with E-state index in [9.17, 15) is 13.2 Å². The highest BCUT2D eigenvalue weighted by Crippen LogP contribution is 2.10. The van der Waals surface area contributed by atoms with Gasteiger partial charge in [-0.2, -0.15) is 0 Å². The third-order valence-electron chi connectivity index (χ3n) is 1.78. The molecule has 1 amide bonds. The lowest BCUT2D eigenvalue weighted by Crippen LogP contribution is -2.14. The van der Waals surface area contributed by atoms with Crippen LogP contribution in [0, 0.1) is 0 Å². The molecule has 1 aromatic rings. The second-order valence-corrected chi connectivity index (χ2v) is 5.78. The lowest BCUT2D eigenvalue weighted by Gasteiger charge is -2.02. The van der Waals surface area contributed by atoms with E-state index in [4.69, 9.17) is 0 Å². The molecular weight excluding hydrogens is 282 g/mol. The summed E-state index contributed by atoms with van der Waals surface area (Å²) in [6.07, 6.45) is 1.16. The van der Waals surface area contributed by atoms with E-state index in [-0.39, 0.29) is 9.71 Å². The van der Waals surface area contributed by atoms with Crippen molar-refractivity contribution < 1.29 is 13.2 Å². The highest BCUT2D eigenvalue weighted by molar-refractivity contribution is 9.18. The fourth-order valence-corrected chi connectivity index (χ4v) is 1.80. The number of carbonyl (C=O) groups excluding carboxylic acids is 1. The summed E-state index contributed by atoms with van der Waals surface area (Å²) in [7, 11) is -3.15. The molecule has 0 fully saturated rings.